The first-order valence-corrected chi connectivity index (χ1v) is 17.7. The van der Waals surface area contributed by atoms with E-state index in [0.29, 0.717) is 42.3 Å². The second-order valence-corrected chi connectivity index (χ2v) is 13.4. The highest BCUT2D eigenvalue weighted by atomic mass is 32.1. The monoisotopic (exact) mass is 699 g/mol. The lowest BCUT2D eigenvalue weighted by Crippen LogP contribution is -2.40. The van der Waals surface area contributed by atoms with Gasteiger partial charge >= 0.3 is 0 Å². The van der Waals surface area contributed by atoms with Crippen LogP contribution in [0.4, 0.5) is 8.78 Å². The Bertz CT molecular complexity index is 2020. The minimum absolute atomic E-state index is 0.0424. The van der Waals surface area contributed by atoms with Crippen molar-refractivity contribution in [3.8, 4) is 45.3 Å². The predicted octanol–water partition coefficient (Wildman–Crippen LogP) is 7.36. The molecule has 0 saturated carbocycles. The molecule has 1 fully saturated rings. The van der Waals surface area contributed by atoms with Gasteiger partial charge in [-0.1, -0.05) is 6.58 Å². The number of methoxy groups -OCH3 is 1. The van der Waals surface area contributed by atoms with Crippen LogP contribution in [0, 0.1) is 11.6 Å². The van der Waals surface area contributed by atoms with Crippen LogP contribution in [0.25, 0.3) is 43.9 Å². The third-order valence-corrected chi connectivity index (χ3v) is 10.3. The number of likely N-dealkylation sites (tertiary alicyclic amines) is 1. The molecular weight excluding hydrogens is 661 g/mol. The summed E-state index contributed by atoms with van der Waals surface area (Å²) in [5.74, 6) is -0.883. The molecular formula is C38H39F2N5O4S. The molecule has 260 valence electrons. The first-order chi connectivity index (χ1) is 24.4. The average Bonchev–Trinajstić information content (AvgIpc) is 3.76. The maximum Gasteiger partial charge on any atom is 0.246 e. The van der Waals surface area contributed by atoms with Gasteiger partial charge < -0.3 is 24.0 Å². The minimum Gasteiger partial charge on any atom is -0.494 e. The van der Waals surface area contributed by atoms with E-state index < -0.39 is 11.6 Å². The third kappa shape index (κ3) is 6.62. The Balaban J connectivity index is 1.34. The number of amides is 1. The van der Waals surface area contributed by atoms with E-state index >= 15 is 4.39 Å². The highest BCUT2D eigenvalue weighted by molar-refractivity contribution is 7.18. The van der Waals surface area contributed by atoms with Crippen molar-refractivity contribution in [1.29, 1.82) is 0 Å². The molecule has 9 nitrogen and oxygen atoms in total. The fraction of sp³-hybridized carbons (Fsp3) is 0.342. The van der Waals surface area contributed by atoms with E-state index in [4.69, 9.17) is 24.3 Å². The predicted molar refractivity (Wildman–Crippen MR) is 190 cm³/mol. The molecule has 2 aromatic carbocycles. The molecule has 50 heavy (non-hydrogen) atoms. The zero-order valence-corrected chi connectivity index (χ0v) is 29.0. The highest BCUT2D eigenvalue weighted by Crippen LogP contribution is 2.47. The zero-order chi connectivity index (χ0) is 34.8. The maximum atomic E-state index is 16.1. The number of fused-ring (bicyclic) bond motifs is 2. The van der Waals surface area contributed by atoms with Crippen LogP contribution in [0.5, 0.6) is 11.5 Å². The number of halogens is 2. The van der Waals surface area contributed by atoms with Crippen LogP contribution in [0.15, 0.2) is 66.6 Å². The lowest BCUT2D eigenvalue weighted by atomic mass is 9.96. The summed E-state index contributed by atoms with van der Waals surface area (Å²) in [6.07, 6.45) is 3.55. The topological polar surface area (TPSA) is 82.0 Å². The molecule has 1 saturated heterocycles. The smallest absolute Gasteiger partial charge is 0.246 e. The molecule has 2 aliphatic rings. The number of nitrogens with zero attached hydrogens (tertiary/aromatic N) is 5. The summed E-state index contributed by atoms with van der Waals surface area (Å²) in [4.78, 5) is 22.0. The standard InChI is InChI=1S/C38H39F2N5O4S/c1-4-33(46)44-15-16-45-31(24(44)2)23-30(42-45)37-35(34-29(40)21-26(39)22-32(34)49-19-18-47-3)38-28(11-20-50-38)36(41-37)25-7-9-27(10-8-25)48-17-6-14-43-12-5-13-43/h4,7-11,20-24H,1,5-6,12-19H2,2-3H3/t24-/m1/s1. The summed E-state index contributed by atoms with van der Waals surface area (Å²) < 4.78 is 50.5. The lowest BCUT2D eigenvalue weighted by Gasteiger charge is -2.33. The molecule has 0 aliphatic carbocycles. The number of hydrogen-bond donors (Lipinski definition) is 0. The van der Waals surface area contributed by atoms with Gasteiger partial charge in [-0.05, 0) is 80.7 Å². The van der Waals surface area contributed by atoms with Gasteiger partial charge in [-0.3, -0.25) is 9.48 Å². The second kappa shape index (κ2) is 14.7. The molecule has 12 heteroatoms. The Labute approximate surface area is 293 Å². The SMILES string of the molecule is C=CC(=O)N1CCn2nc(-c3nc(-c4ccc(OCCCN5CCC5)cc4)c4ccsc4c3-c3c(F)cc(F)cc3OCCOC)cc2[C@H]1C. The molecule has 0 bridgehead atoms. The number of benzene rings is 2. The molecule has 1 amide bonds. The normalized spacial score (nSPS) is 15.9. The van der Waals surface area contributed by atoms with Crippen LogP contribution in [-0.2, 0) is 16.1 Å². The van der Waals surface area contributed by atoms with E-state index in [1.807, 2.05) is 53.4 Å². The summed E-state index contributed by atoms with van der Waals surface area (Å²) in [5.41, 5.74) is 3.82. The third-order valence-electron chi connectivity index (χ3n) is 9.35. The quantitative estimate of drug-likeness (QED) is 0.0939. The van der Waals surface area contributed by atoms with E-state index in [1.54, 1.807) is 4.90 Å². The van der Waals surface area contributed by atoms with E-state index in [2.05, 4.69) is 11.5 Å². The number of thiophene rings is 1. The van der Waals surface area contributed by atoms with E-state index in [-0.39, 0.29) is 36.5 Å². The number of pyridine rings is 1. The fourth-order valence-electron chi connectivity index (χ4n) is 6.63. The molecule has 0 radical (unpaired) electrons. The van der Waals surface area contributed by atoms with E-state index in [0.717, 1.165) is 46.1 Å². The van der Waals surface area contributed by atoms with Gasteiger partial charge in [-0.15, -0.1) is 11.3 Å². The van der Waals surface area contributed by atoms with Crippen molar-refractivity contribution in [2.45, 2.75) is 32.4 Å². The Kier molecular flexibility index (Phi) is 9.93. The number of aromatic nitrogens is 3. The van der Waals surface area contributed by atoms with Gasteiger partial charge in [0.2, 0.25) is 5.91 Å². The van der Waals surface area contributed by atoms with Crippen molar-refractivity contribution in [3.63, 3.8) is 0 Å². The Hall–Kier alpha value is -4.65. The van der Waals surface area contributed by atoms with Gasteiger partial charge in [-0.25, -0.2) is 13.8 Å². The summed E-state index contributed by atoms with van der Waals surface area (Å²) in [6.45, 7) is 10.9. The number of rotatable bonds is 13. The summed E-state index contributed by atoms with van der Waals surface area (Å²) >= 11 is 1.44. The summed E-state index contributed by atoms with van der Waals surface area (Å²) in [7, 11) is 1.53. The van der Waals surface area contributed by atoms with Crippen molar-refractivity contribution in [1.82, 2.24) is 24.6 Å². The minimum atomic E-state index is -0.779. The van der Waals surface area contributed by atoms with Gasteiger partial charge in [0.25, 0.3) is 0 Å². The van der Waals surface area contributed by atoms with E-state index in [1.165, 1.54) is 50.1 Å². The number of carbonyl (C=O) groups is 1. The van der Waals surface area contributed by atoms with Crippen LogP contribution in [0.2, 0.25) is 0 Å². The van der Waals surface area contributed by atoms with Crippen molar-refractivity contribution in [3.05, 3.63) is 83.9 Å². The van der Waals surface area contributed by atoms with Crippen LogP contribution < -0.4 is 9.47 Å². The van der Waals surface area contributed by atoms with Gasteiger partial charge in [0.15, 0.2) is 0 Å². The Morgan fingerprint density at radius 3 is 2.56 bits per heavy atom. The summed E-state index contributed by atoms with van der Waals surface area (Å²) in [6, 6.07) is 13.5. The fourth-order valence-corrected chi connectivity index (χ4v) is 7.58. The molecule has 0 spiro atoms. The van der Waals surface area contributed by atoms with Crippen molar-refractivity contribution in [2.24, 2.45) is 0 Å². The molecule has 2 aliphatic heterocycles. The molecule has 0 N–H and O–H groups in total. The summed E-state index contributed by atoms with van der Waals surface area (Å²) in [5, 5.41) is 7.69. The average molecular weight is 700 g/mol. The Morgan fingerprint density at radius 1 is 1.00 bits per heavy atom. The van der Waals surface area contributed by atoms with Gasteiger partial charge in [0.05, 0.1) is 42.8 Å². The van der Waals surface area contributed by atoms with Crippen LogP contribution >= 0.6 is 11.3 Å². The number of carbonyl (C=O) groups excluding carboxylic acids is 1. The second-order valence-electron chi connectivity index (χ2n) is 12.5. The van der Waals surface area contributed by atoms with Gasteiger partial charge in [0, 0.05) is 53.5 Å². The molecule has 3 aromatic heterocycles. The van der Waals surface area contributed by atoms with Crippen molar-refractivity contribution in [2.75, 3.05) is 53.1 Å². The highest BCUT2D eigenvalue weighted by Gasteiger charge is 2.31. The molecule has 0 unspecified atom stereocenters. The van der Waals surface area contributed by atoms with Crippen molar-refractivity contribution < 1.29 is 27.8 Å². The first-order valence-electron chi connectivity index (χ1n) is 16.9. The maximum absolute atomic E-state index is 16.1. The zero-order valence-electron chi connectivity index (χ0n) is 28.2. The van der Waals surface area contributed by atoms with Gasteiger partial charge in [0.1, 0.15) is 41.1 Å². The molecule has 7 rings (SSSR count). The van der Waals surface area contributed by atoms with Crippen LogP contribution in [0.3, 0.4) is 0 Å². The van der Waals surface area contributed by atoms with Crippen molar-refractivity contribution >= 4 is 27.3 Å². The van der Waals surface area contributed by atoms with Gasteiger partial charge in [-0.2, -0.15) is 5.10 Å². The van der Waals surface area contributed by atoms with Crippen LogP contribution in [0.1, 0.15) is 31.5 Å². The molecule has 5 heterocycles. The number of hydrogen-bond acceptors (Lipinski definition) is 8. The molecule has 5 aromatic rings. The largest absolute Gasteiger partial charge is 0.494 e. The lowest BCUT2D eigenvalue weighted by molar-refractivity contribution is -0.129. The first kappa shape index (κ1) is 33.8. The Morgan fingerprint density at radius 2 is 1.82 bits per heavy atom. The molecule has 1 atom stereocenters. The number of ether oxygens (including phenoxy) is 3. The van der Waals surface area contributed by atoms with E-state index in [9.17, 15) is 9.18 Å². The van der Waals surface area contributed by atoms with Crippen LogP contribution in [-0.4, -0.2) is 83.6 Å².